The maximum absolute atomic E-state index is 12.9. The van der Waals surface area contributed by atoms with Crippen molar-refractivity contribution in [3.8, 4) is 0 Å². The summed E-state index contributed by atoms with van der Waals surface area (Å²) in [6, 6.07) is 6.74. The highest BCUT2D eigenvalue weighted by Crippen LogP contribution is 2.34. The lowest BCUT2D eigenvalue weighted by atomic mass is 9.83. The summed E-state index contributed by atoms with van der Waals surface area (Å²) in [5.74, 6) is 0.0212. The lowest BCUT2D eigenvalue weighted by molar-refractivity contribution is -0.144. The van der Waals surface area contributed by atoms with Crippen LogP contribution in [0.5, 0.6) is 0 Å². The average Bonchev–Trinajstić information content (AvgIpc) is 2.47. The highest BCUT2D eigenvalue weighted by Gasteiger charge is 2.24. The van der Waals surface area contributed by atoms with Gasteiger partial charge in [-0.25, -0.2) is 9.18 Å². The van der Waals surface area contributed by atoms with Crippen molar-refractivity contribution < 1.29 is 13.9 Å². The zero-order chi connectivity index (χ0) is 14.4. The Kier molecular flexibility index (Phi) is 5.33. The van der Waals surface area contributed by atoms with Crippen LogP contribution in [0.2, 0.25) is 0 Å². The van der Waals surface area contributed by atoms with E-state index in [1.807, 2.05) is 25.1 Å². The molecular weight excluding hydrogens is 255 g/mol. The van der Waals surface area contributed by atoms with Crippen molar-refractivity contribution >= 4 is 5.97 Å². The van der Waals surface area contributed by atoms with Gasteiger partial charge in [0, 0.05) is 6.08 Å². The number of hydrogen-bond donors (Lipinski definition) is 0. The van der Waals surface area contributed by atoms with Crippen LogP contribution in [0.1, 0.15) is 50.5 Å². The molecule has 0 amide bonds. The van der Waals surface area contributed by atoms with E-state index in [1.54, 1.807) is 0 Å². The Bertz CT molecular complexity index is 456. The Morgan fingerprint density at radius 2 is 1.90 bits per heavy atom. The largest absolute Gasteiger partial charge is 0.459 e. The molecule has 1 fully saturated rings. The van der Waals surface area contributed by atoms with E-state index in [1.165, 1.54) is 23.8 Å². The maximum Gasteiger partial charge on any atom is 0.330 e. The molecule has 0 aromatic heterocycles. The summed E-state index contributed by atoms with van der Waals surface area (Å²) in [6.07, 6.45) is 7.93. The number of carbonyl (C=O) groups excluding carboxylic acids is 1. The number of benzene rings is 1. The van der Waals surface area contributed by atoms with Crippen molar-refractivity contribution in [2.45, 2.75) is 51.0 Å². The van der Waals surface area contributed by atoms with E-state index < -0.39 is 0 Å². The second kappa shape index (κ2) is 7.22. The third-order valence-electron chi connectivity index (χ3n) is 3.79. The van der Waals surface area contributed by atoms with Crippen molar-refractivity contribution in [3.63, 3.8) is 0 Å². The van der Waals surface area contributed by atoms with Gasteiger partial charge >= 0.3 is 5.97 Å². The van der Waals surface area contributed by atoms with E-state index in [4.69, 9.17) is 4.74 Å². The molecule has 0 saturated heterocycles. The number of ether oxygens (including phenoxy) is 1. The van der Waals surface area contributed by atoms with E-state index in [9.17, 15) is 9.18 Å². The fourth-order valence-electron chi connectivity index (χ4n) is 2.67. The first kappa shape index (κ1) is 14.8. The van der Waals surface area contributed by atoms with E-state index in [0.717, 1.165) is 32.1 Å². The fraction of sp³-hybridized carbons (Fsp3) is 0.471. The molecule has 0 spiro atoms. The normalized spacial score (nSPS) is 22.9. The Morgan fingerprint density at radius 1 is 1.25 bits per heavy atom. The van der Waals surface area contributed by atoms with Crippen LogP contribution in [0, 0.1) is 5.82 Å². The average molecular weight is 276 g/mol. The number of rotatable bonds is 4. The zero-order valence-corrected chi connectivity index (χ0v) is 11.8. The molecule has 1 aliphatic carbocycles. The lowest BCUT2D eigenvalue weighted by Gasteiger charge is -2.28. The van der Waals surface area contributed by atoms with E-state index >= 15 is 0 Å². The van der Waals surface area contributed by atoms with Gasteiger partial charge in [0.15, 0.2) is 0 Å². The van der Waals surface area contributed by atoms with Crippen LogP contribution in [0.3, 0.4) is 0 Å². The minimum Gasteiger partial charge on any atom is -0.459 e. The predicted molar refractivity (Wildman–Crippen MR) is 76.9 cm³/mol. The van der Waals surface area contributed by atoms with Crippen molar-refractivity contribution in [2.75, 3.05) is 0 Å². The van der Waals surface area contributed by atoms with Gasteiger partial charge in [-0.05, 0) is 55.7 Å². The molecule has 3 heteroatoms. The van der Waals surface area contributed by atoms with Gasteiger partial charge in [-0.1, -0.05) is 25.1 Å². The molecular formula is C17H21FO2. The standard InChI is InChI=1S/C17H21FO2/c1-2-3-4-17(19)20-16-11-7-14(8-12-16)13-5-9-15(18)10-6-13/h3-6,9-10,14,16H,2,7-8,11-12H2,1H3/b4-3+. The number of hydrogen-bond acceptors (Lipinski definition) is 2. The minimum atomic E-state index is -0.239. The van der Waals surface area contributed by atoms with Crippen LogP contribution in [0.4, 0.5) is 4.39 Å². The molecule has 0 heterocycles. The van der Waals surface area contributed by atoms with Crippen LogP contribution in [0.25, 0.3) is 0 Å². The zero-order valence-electron chi connectivity index (χ0n) is 11.8. The molecule has 1 aromatic rings. The van der Waals surface area contributed by atoms with Crippen molar-refractivity contribution in [1.82, 2.24) is 0 Å². The quantitative estimate of drug-likeness (QED) is 0.603. The molecule has 1 saturated carbocycles. The molecule has 1 aliphatic rings. The summed E-state index contributed by atoms with van der Waals surface area (Å²) in [4.78, 5) is 11.5. The van der Waals surface area contributed by atoms with Crippen LogP contribution in [-0.2, 0) is 9.53 Å². The summed E-state index contributed by atoms with van der Waals surface area (Å²) in [6.45, 7) is 1.98. The van der Waals surface area contributed by atoms with Crippen molar-refractivity contribution in [1.29, 1.82) is 0 Å². The van der Waals surface area contributed by atoms with Gasteiger partial charge in [0.05, 0.1) is 0 Å². The Balaban J connectivity index is 1.81. The highest BCUT2D eigenvalue weighted by atomic mass is 19.1. The molecule has 0 aliphatic heterocycles. The number of allylic oxidation sites excluding steroid dienone is 1. The highest BCUT2D eigenvalue weighted by molar-refractivity contribution is 5.82. The monoisotopic (exact) mass is 276 g/mol. The molecule has 108 valence electrons. The van der Waals surface area contributed by atoms with Crippen LogP contribution < -0.4 is 0 Å². The van der Waals surface area contributed by atoms with E-state index in [2.05, 4.69) is 0 Å². The smallest absolute Gasteiger partial charge is 0.330 e. The molecule has 0 bridgehead atoms. The molecule has 0 radical (unpaired) electrons. The van der Waals surface area contributed by atoms with Gasteiger partial charge in [0.1, 0.15) is 11.9 Å². The molecule has 0 N–H and O–H groups in total. The van der Waals surface area contributed by atoms with Crippen LogP contribution >= 0.6 is 0 Å². The Morgan fingerprint density at radius 3 is 2.50 bits per heavy atom. The molecule has 2 rings (SSSR count). The first-order valence-electron chi connectivity index (χ1n) is 7.31. The van der Waals surface area contributed by atoms with E-state index in [-0.39, 0.29) is 17.9 Å². The number of halogens is 1. The minimum absolute atomic E-state index is 0.0284. The Hall–Kier alpha value is -1.64. The van der Waals surface area contributed by atoms with Gasteiger partial charge < -0.3 is 4.74 Å². The summed E-state index contributed by atoms with van der Waals surface area (Å²) >= 11 is 0. The summed E-state index contributed by atoms with van der Waals surface area (Å²) in [5, 5.41) is 0. The second-order valence-electron chi connectivity index (χ2n) is 5.27. The third kappa shape index (κ3) is 4.19. The van der Waals surface area contributed by atoms with Crippen LogP contribution in [0.15, 0.2) is 36.4 Å². The van der Waals surface area contributed by atoms with Crippen molar-refractivity contribution in [2.24, 2.45) is 0 Å². The predicted octanol–water partition coefficient (Wildman–Crippen LogP) is 4.36. The number of esters is 1. The lowest BCUT2D eigenvalue weighted by Crippen LogP contribution is -2.23. The maximum atomic E-state index is 12.9. The topological polar surface area (TPSA) is 26.3 Å². The summed E-state index contributed by atoms with van der Waals surface area (Å²) in [7, 11) is 0. The van der Waals surface area contributed by atoms with Gasteiger partial charge in [-0.2, -0.15) is 0 Å². The van der Waals surface area contributed by atoms with Crippen molar-refractivity contribution in [3.05, 3.63) is 47.8 Å². The van der Waals surface area contributed by atoms with Gasteiger partial charge in [-0.3, -0.25) is 0 Å². The second-order valence-corrected chi connectivity index (χ2v) is 5.27. The molecule has 0 unspecified atom stereocenters. The first-order valence-corrected chi connectivity index (χ1v) is 7.31. The van der Waals surface area contributed by atoms with Gasteiger partial charge in [0.25, 0.3) is 0 Å². The van der Waals surface area contributed by atoms with Gasteiger partial charge in [-0.15, -0.1) is 0 Å². The number of carbonyl (C=O) groups is 1. The molecule has 1 aromatic carbocycles. The molecule has 20 heavy (non-hydrogen) atoms. The molecule has 0 atom stereocenters. The summed E-state index contributed by atoms with van der Waals surface area (Å²) in [5.41, 5.74) is 1.18. The summed E-state index contributed by atoms with van der Waals surface area (Å²) < 4.78 is 18.3. The SMILES string of the molecule is CC/C=C/C(=O)OC1CCC(c2ccc(F)cc2)CC1. The molecule has 2 nitrogen and oxygen atoms in total. The van der Waals surface area contributed by atoms with Crippen LogP contribution in [-0.4, -0.2) is 12.1 Å². The van der Waals surface area contributed by atoms with E-state index in [0.29, 0.717) is 5.92 Å². The Labute approximate surface area is 119 Å². The van der Waals surface area contributed by atoms with Gasteiger partial charge in [0.2, 0.25) is 0 Å². The third-order valence-corrected chi connectivity index (χ3v) is 3.79. The fourth-order valence-corrected chi connectivity index (χ4v) is 2.67. The first-order chi connectivity index (χ1) is 9.69.